The Kier molecular flexibility index (Phi) is 6.19. The highest BCUT2D eigenvalue weighted by Gasteiger charge is 2.32. The Morgan fingerprint density at radius 1 is 1.35 bits per heavy atom. The molecule has 4 nitrogen and oxygen atoms in total. The second kappa shape index (κ2) is 7.93. The number of aliphatic hydroxyl groups is 1. The molecule has 0 spiro atoms. The average molecular weight is 318 g/mol. The van der Waals surface area contributed by atoms with E-state index in [1.165, 1.54) is 5.56 Å². The quantitative estimate of drug-likeness (QED) is 0.848. The maximum absolute atomic E-state index is 12.6. The van der Waals surface area contributed by atoms with Gasteiger partial charge in [0.2, 0.25) is 5.91 Å². The van der Waals surface area contributed by atoms with Gasteiger partial charge in [0.05, 0.1) is 18.2 Å². The number of benzene rings is 1. The van der Waals surface area contributed by atoms with Crippen LogP contribution in [0.4, 0.5) is 0 Å². The molecule has 4 heteroatoms. The zero-order valence-corrected chi connectivity index (χ0v) is 14.7. The van der Waals surface area contributed by atoms with Gasteiger partial charge in [0.1, 0.15) is 0 Å². The first-order valence-electron chi connectivity index (χ1n) is 8.70. The minimum absolute atomic E-state index is 0.00367. The highest BCUT2D eigenvalue weighted by Crippen LogP contribution is 2.24. The van der Waals surface area contributed by atoms with Crippen LogP contribution in [0.5, 0.6) is 0 Å². The van der Waals surface area contributed by atoms with E-state index in [2.05, 4.69) is 29.3 Å². The van der Waals surface area contributed by atoms with Crippen LogP contribution in [0, 0.1) is 6.92 Å². The van der Waals surface area contributed by atoms with E-state index in [4.69, 9.17) is 0 Å². The molecule has 1 aliphatic rings. The molecular weight excluding hydrogens is 288 g/mol. The van der Waals surface area contributed by atoms with Gasteiger partial charge in [-0.3, -0.25) is 9.69 Å². The molecule has 1 aromatic carbocycles. The van der Waals surface area contributed by atoms with E-state index in [0.717, 1.165) is 31.4 Å². The lowest BCUT2D eigenvalue weighted by Crippen LogP contribution is -2.48. The van der Waals surface area contributed by atoms with Crippen molar-refractivity contribution in [1.82, 2.24) is 10.2 Å². The Labute approximate surface area is 139 Å². The van der Waals surface area contributed by atoms with Crippen molar-refractivity contribution < 1.29 is 9.90 Å². The van der Waals surface area contributed by atoms with Crippen LogP contribution in [0.1, 0.15) is 57.2 Å². The van der Waals surface area contributed by atoms with Crippen molar-refractivity contribution in [2.75, 3.05) is 6.54 Å². The number of nitrogens with zero attached hydrogens (tertiary/aromatic N) is 1. The standard InChI is InChI=1S/C19H30N2O2/c1-13-8-5-6-10-18(13)15(3)20-19(23)16(4)21-11-7-9-17(21)12-14(2)22/h5-6,8,10,14-17,22H,7,9,11-12H2,1-4H3,(H,20,23). The van der Waals surface area contributed by atoms with Crippen molar-refractivity contribution in [2.45, 2.75) is 71.2 Å². The normalized spacial score (nSPS) is 22.6. The molecule has 23 heavy (non-hydrogen) atoms. The minimum atomic E-state index is -0.318. The summed E-state index contributed by atoms with van der Waals surface area (Å²) in [6.07, 6.45) is 2.59. The lowest BCUT2D eigenvalue weighted by atomic mass is 10.0. The maximum atomic E-state index is 12.6. The van der Waals surface area contributed by atoms with E-state index >= 15 is 0 Å². The van der Waals surface area contributed by atoms with E-state index in [-0.39, 0.29) is 24.1 Å². The molecule has 0 radical (unpaired) electrons. The van der Waals surface area contributed by atoms with Crippen LogP contribution in [0.25, 0.3) is 0 Å². The van der Waals surface area contributed by atoms with E-state index in [9.17, 15) is 9.90 Å². The monoisotopic (exact) mass is 318 g/mol. The van der Waals surface area contributed by atoms with Crippen LogP contribution >= 0.6 is 0 Å². The molecule has 4 unspecified atom stereocenters. The average Bonchev–Trinajstić information content (AvgIpc) is 2.93. The van der Waals surface area contributed by atoms with E-state index in [1.807, 2.05) is 32.9 Å². The highest BCUT2D eigenvalue weighted by molar-refractivity contribution is 5.81. The van der Waals surface area contributed by atoms with Gasteiger partial charge in [-0.2, -0.15) is 0 Å². The fourth-order valence-corrected chi connectivity index (χ4v) is 3.65. The van der Waals surface area contributed by atoms with Crippen LogP contribution in [-0.4, -0.2) is 40.6 Å². The van der Waals surface area contributed by atoms with Crippen molar-refractivity contribution in [3.8, 4) is 0 Å². The maximum Gasteiger partial charge on any atom is 0.237 e. The summed E-state index contributed by atoms with van der Waals surface area (Å²) in [5.41, 5.74) is 2.36. The van der Waals surface area contributed by atoms with Gasteiger partial charge in [-0.25, -0.2) is 0 Å². The predicted molar refractivity (Wildman–Crippen MR) is 93.2 cm³/mol. The number of likely N-dealkylation sites (tertiary alicyclic amines) is 1. The molecule has 1 saturated heterocycles. The van der Waals surface area contributed by atoms with E-state index in [0.29, 0.717) is 6.04 Å². The van der Waals surface area contributed by atoms with E-state index in [1.54, 1.807) is 0 Å². The Morgan fingerprint density at radius 2 is 2.04 bits per heavy atom. The Bertz CT molecular complexity index is 530. The summed E-state index contributed by atoms with van der Waals surface area (Å²) < 4.78 is 0. The van der Waals surface area contributed by atoms with Gasteiger partial charge < -0.3 is 10.4 Å². The molecule has 2 N–H and O–H groups in total. The Hall–Kier alpha value is -1.39. The molecular formula is C19H30N2O2. The van der Waals surface area contributed by atoms with Gasteiger partial charge >= 0.3 is 0 Å². The number of amides is 1. The summed E-state index contributed by atoms with van der Waals surface area (Å²) in [6.45, 7) is 8.83. The zero-order chi connectivity index (χ0) is 17.0. The lowest BCUT2D eigenvalue weighted by Gasteiger charge is -2.31. The van der Waals surface area contributed by atoms with Crippen molar-refractivity contribution in [3.63, 3.8) is 0 Å². The van der Waals surface area contributed by atoms with Crippen molar-refractivity contribution in [2.24, 2.45) is 0 Å². The topological polar surface area (TPSA) is 52.6 Å². The predicted octanol–water partition coefficient (Wildman–Crippen LogP) is 2.80. The van der Waals surface area contributed by atoms with Gasteiger partial charge in [-0.15, -0.1) is 0 Å². The molecule has 0 bridgehead atoms. The second-order valence-corrected chi connectivity index (χ2v) is 6.88. The summed E-state index contributed by atoms with van der Waals surface area (Å²) >= 11 is 0. The number of aliphatic hydroxyl groups excluding tert-OH is 1. The number of hydrogen-bond donors (Lipinski definition) is 2. The van der Waals surface area contributed by atoms with Gasteiger partial charge in [-0.05, 0) is 64.6 Å². The van der Waals surface area contributed by atoms with Crippen molar-refractivity contribution in [3.05, 3.63) is 35.4 Å². The molecule has 2 rings (SSSR count). The zero-order valence-electron chi connectivity index (χ0n) is 14.7. The van der Waals surface area contributed by atoms with Gasteiger partial charge in [0.15, 0.2) is 0 Å². The first-order chi connectivity index (χ1) is 10.9. The molecule has 1 aromatic rings. The molecule has 1 amide bonds. The van der Waals surface area contributed by atoms with Crippen LogP contribution in [0.3, 0.4) is 0 Å². The molecule has 1 aliphatic heterocycles. The van der Waals surface area contributed by atoms with Gasteiger partial charge in [-0.1, -0.05) is 24.3 Å². The smallest absolute Gasteiger partial charge is 0.237 e. The van der Waals surface area contributed by atoms with Crippen molar-refractivity contribution >= 4 is 5.91 Å². The lowest BCUT2D eigenvalue weighted by molar-refractivity contribution is -0.127. The first-order valence-corrected chi connectivity index (χ1v) is 8.70. The highest BCUT2D eigenvalue weighted by atomic mass is 16.3. The Morgan fingerprint density at radius 3 is 2.70 bits per heavy atom. The largest absolute Gasteiger partial charge is 0.393 e. The fourth-order valence-electron chi connectivity index (χ4n) is 3.65. The first kappa shape index (κ1) is 18.0. The molecule has 128 valence electrons. The SMILES string of the molecule is Cc1ccccc1C(C)NC(=O)C(C)N1CCCC1CC(C)O. The summed E-state index contributed by atoms with van der Waals surface area (Å²) in [6, 6.07) is 8.31. The van der Waals surface area contributed by atoms with Crippen LogP contribution in [0.15, 0.2) is 24.3 Å². The molecule has 0 saturated carbocycles. The van der Waals surface area contributed by atoms with Crippen LogP contribution < -0.4 is 5.32 Å². The third kappa shape index (κ3) is 4.55. The van der Waals surface area contributed by atoms with Crippen molar-refractivity contribution in [1.29, 1.82) is 0 Å². The number of carbonyl (C=O) groups is 1. The summed E-state index contributed by atoms with van der Waals surface area (Å²) in [5, 5.41) is 12.8. The van der Waals surface area contributed by atoms with Gasteiger partial charge in [0, 0.05) is 6.04 Å². The number of nitrogens with one attached hydrogen (secondary N) is 1. The molecule has 1 heterocycles. The molecule has 0 aliphatic carbocycles. The fraction of sp³-hybridized carbons (Fsp3) is 0.632. The van der Waals surface area contributed by atoms with E-state index < -0.39 is 0 Å². The number of carbonyl (C=O) groups excluding carboxylic acids is 1. The summed E-state index contributed by atoms with van der Waals surface area (Å²) in [4.78, 5) is 14.9. The third-order valence-electron chi connectivity index (χ3n) is 4.93. The van der Waals surface area contributed by atoms with Gasteiger partial charge in [0.25, 0.3) is 0 Å². The number of hydrogen-bond acceptors (Lipinski definition) is 3. The molecule has 0 aromatic heterocycles. The summed E-state index contributed by atoms with van der Waals surface area (Å²) in [7, 11) is 0. The van der Waals surface area contributed by atoms with Crippen LogP contribution in [0.2, 0.25) is 0 Å². The minimum Gasteiger partial charge on any atom is -0.393 e. The second-order valence-electron chi connectivity index (χ2n) is 6.88. The number of rotatable bonds is 6. The summed E-state index contributed by atoms with van der Waals surface area (Å²) in [5.74, 6) is 0.0678. The molecule has 1 fully saturated rings. The third-order valence-corrected chi connectivity index (χ3v) is 4.93. The number of aryl methyl sites for hydroxylation is 1. The Balaban J connectivity index is 1.98. The molecule has 4 atom stereocenters. The van der Waals surface area contributed by atoms with Crippen LogP contribution in [-0.2, 0) is 4.79 Å².